The number of likely N-dealkylation sites (N-methyl/N-ethyl adjacent to an activating group) is 1. The van der Waals surface area contributed by atoms with Crippen molar-refractivity contribution in [1.82, 2.24) is 10.2 Å². The number of nitrogens with zero attached hydrogens (tertiary/aromatic N) is 1. The molecule has 50 heavy (non-hydrogen) atoms. The molecule has 284 valence electrons. The highest BCUT2D eigenvalue weighted by molar-refractivity contribution is 5.74. The summed E-state index contributed by atoms with van der Waals surface area (Å²) in [5.74, 6) is -3.41. The van der Waals surface area contributed by atoms with Crippen molar-refractivity contribution in [2.24, 2.45) is 29.4 Å². The number of benzene rings is 1. The molecule has 2 bridgehead atoms. The number of alkyl carbamates (subject to hydrolysis) is 1. The zero-order valence-corrected chi connectivity index (χ0v) is 31.3. The number of cyclic esters (lactones) is 1. The lowest BCUT2D eigenvalue weighted by molar-refractivity contribution is -0.299. The summed E-state index contributed by atoms with van der Waals surface area (Å²) in [7, 11) is 3.73. The van der Waals surface area contributed by atoms with Gasteiger partial charge in [0.1, 0.15) is 29.7 Å². The Hall–Kier alpha value is -2.39. The number of aliphatic hydroxyl groups is 2. The Bertz CT molecular complexity index is 1320. The fourth-order valence-electron chi connectivity index (χ4n) is 8.45. The molecular weight excluding hydrogens is 649 g/mol. The molecule has 1 aromatic carbocycles. The van der Waals surface area contributed by atoms with E-state index in [1.165, 1.54) is 6.07 Å². The molecule has 3 heterocycles. The van der Waals surface area contributed by atoms with Gasteiger partial charge in [0.25, 0.3) is 0 Å². The second-order valence-corrected chi connectivity index (χ2v) is 15.6. The number of aliphatic hydroxyl groups excluding tert-OH is 1. The summed E-state index contributed by atoms with van der Waals surface area (Å²) in [4.78, 5) is 29.3. The molecular formula is C37H60FN3O9. The summed E-state index contributed by atoms with van der Waals surface area (Å²) in [6, 6.07) is 5.27. The number of fused-ring (bicyclic) bond motifs is 2. The van der Waals surface area contributed by atoms with E-state index in [9.17, 15) is 24.2 Å². The minimum absolute atomic E-state index is 0.130. The number of carbonyl (C=O) groups is 2. The Morgan fingerprint density at radius 1 is 1.14 bits per heavy atom. The van der Waals surface area contributed by atoms with Crippen LogP contribution >= 0.6 is 0 Å². The van der Waals surface area contributed by atoms with Crippen LogP contribution in [0.2, 0.25) is 0 Å². The average Bonchev–Trinajstić information content (AvgIpc) is 3.29. The molecule has 13 heteroatoms. The van der Waals surface area contributed by atoms with Gasteiger partial charge >= 0.3 is 12.1 Å². The highest BCUT2D eigenvalue weighted by atomic mass is 19.1. The van der Waals surface area contributed by atoms with Crippen LogP contribution in [0, 0.1) is 29.5 Å². The minimum Gasteiger partial charge on any atom is -0.459 e. The van der Waals surface area contributed by atoms with Crippen molar-refractivity contribution >= 4 is 12.1 Å². The van der Waals surface area contributed by atoms with Crippen molar-refractivity contribution in [3.8, 4) is 0 Å². The maximum absolute atomic E-state index is 14.4. The predicted octanol–water partition coefficient (Wildman–Crippen LogP) is 3.74. The van der Waals surface area contributed by atoms with Gasteiger partial charge in [0.2, 0.25) is 0 Å². The van der Waals surface area contributed by atoms with E-state index in [2.05, 4.69) is 5.32 Å². The van der Waals surface area contributed by atoms with Crippen LogP contribution in [0.1, 0.15) is 80.2 Å². The van der Waals surface area contributed by atoms with Crippen molar-refractivity contribution in [1.29, 1.82) is 0 Å². The van der Waals surface area contributed by atoms with Crippen LogP contribution < -0.4 is 11.1 Å². The average molecular weight is 710 g/mol. The van der Waals surface area contributed by atoms with Gasteiger partial charge in [0.15, 0.2) is 6.29 Å². The van der Waals surface area contributed by atoms with E-state index < -0.39 is 77.7 Å². The molecule has 12 nitrogen and oxygen atoms in total. The normalized spacial score (nSPS) is 42.9. The number of halogens is 1. The zero-order valence-electron chi connectivity index (χ0n) is 31.3. The SMILES string of the molecule is CC[C@@H]1OC(=O)[C@H](C)[C@@H](OC(=O)NCc2ccccc2F)[C@H](C)[C@@H](OC2O[C@H](C)C[C@H](N(C)C)[C@H]2O)[C@](C)(O)C[C@@H](C)[C@H]2OC1(C)[C@@H](N)[C@@H]2C. The summed E-state index contributed by atoms with van der Waals surface area (Å²) in [5.41, 5.74) is 4.41. The second kappa shape index (κ2) is 16.1. The van der Waals surface area contributed by atoms with Crippen LogP contribution in [0.15, 0.2) is 24.3 Å². The number of nitrogens with one attached hydrogen (secondary N) is 1. The Labute approximate surface area is 296 Å². The van der Waals surface area contributed by atoms with Gasteiger partial charge in [0, 0.05) is 36.0 Å². The number of amides is 1. The highest BCUT2D eigenvalue weighted by Gasteiger charge is 2.57. The van der Waals surface area contributed by atoms with Crippen LogP contribution in [0.4, 0.5) is 9.18 Å². The lowest BCUT2D eigenvalue weighted by Crippen LogP contribution is -2.59. The smallest absolute Gasteiger partial charge is 0.407 e. The molecule has 15 atom stereocenters. The number of ether oxygens (including phenoxy) is 5. The summed E-state index contributed by atoms with van der Waals surface area (Å²) in [6.45, 7) is 14.4. The second-order valence-electron chi connectivity index (χ2n) is 15.6. The minimum atomic E-state index is -1.62. The van der Waals surface area contributed by atoms with E-state index >= 15 is 0 Å². The van der Waals surface area contributed by atoms with Crippen molar-refractivity contribution in [3.63, 3.8) is 0 Å². The van der Waals surface area contributed by atoms with Crippen molar-refractivity contribution in [2.45, 2.75) is 147 Å². The third-order valence-corrected chi connectivity index (χ3v) is 11.4. The van der Waals surface area contributed by atoms with Gasteiger partial charge in [-0.1, -0.05) is 45.9 Å². The van der Waals surface area contributed by atoms with Crippen molar-refractivity contribution < 1.29 is 47.9 Å². The van der Waals surface area contributed by atoms with Gasteiger partial charge in [-0.25, -0.2) is 9.18 Å². The van der Waals surface area contributed by atoms with Crippen LogP contribution in [0.25, 0.3) is 0 Å². The molecule has 1 aromatic rings. The maximum atomic E-state index is 14.4. The molecule has 3 aliphatic heterocycles. The third-order valence-electron chi connectivity index (χ3n) is 11.4. The van der Waals surface area contributed by atoms with Crippen LogP contribution in [0.3, 0.4) is 0 Å². The molecule has 0 radical (unpaired) electrons. The molecule has 2 unspecified atom stereocenters. The topological polar surface area (TPSA) is 162 Å². The Morgan fingerprint density at radius 3 is 2.42 bits per heavy atom. The van der Waals surface area contributed by atoms with Crippen molar-refractivity contribution in [3.05, 3.63) is 35.6 Å². The van der Waals surface area contributed by atoms with E-state index in [0.29, 0.717) is 12.8 Å². The van der Waals surface area contributed by atoms with Crippen LogP contribution in [0.5, 0.6) is 0 Å². The van der Waals surface area contributed by atoms with E-state index in [-0.39, 0.29) is 48.6 Å². The Kier molecular flexibility index (Phi) is 13.0. The van der Waals surface area contributed by atoms with Gasteiger partial charge in [-0.15, -0.1) is 0 Å². The monoisotopic (exact) mass is 709 g/mol. The van der Waals surface area contributed by atoms with E-state index in [1.807, 2.05) is 53.6 Å². The van der Waals surface area contributed by atoms with E-state index in [4.69, 9.17) is 29.4 Å². The predicted molar refractivity (Wildman–Crippen MR) is 184 cm³/mol. The first kappa shape index (κ1) is 40.4. The maximum Gasteiger partial charge on any atom is 0.407 e. The first-order chi connectivity index (χ1) is 23.3. The van der Waals surface area contributed by atoms with Gasteiger partial charge in [-0.2, -0.15) is 0 Å². The summed E-state index contributed by atoms with van der Waals surface area (Å²) in [5, 5.41) is 26.5. The number of carbonyl (C=O) groups excluding carboxylic acids is 2. The molecule has 5 N–H and O–H groups in total. The zero-order chi connectivity index (χ0) is 37.3. The molecule has 3 aliphatic rings. The van der Waals surface area contributed by atoms with Gasteiger partial charge in [0.05, 0.1) is 29.8 Å². The Balaban J connectivity index is 1.76. The molecule has 0 saturated carbocycles. The third kappa shape index (κ3) is 8.46. The summed E-state index contributed by atoms with van der Waals surface area (Å²) >= 11 is 0. The van der Waals surface area contributed by atoms with Gasteiger partial charge in [-0.3, -0.25) is 4.79 Å². The summed E-state index contributed by atoms with van der Waals surface area (Å²) < 4.78 is 45.9. The summed E-state index contributed by atoms with van der Waals surface area (Å²) in [6.07, 6.45) is -5.63. The fourth-order valence-corrected chi connectivity index (χ4v) is 8.45. The molecule has 1 amide bonds. The lowest BCUT2D eigenvalue weighted by Gasteiger charge is -2.47. The number of esters is 1. The molecule has 3 fully saturated rings. The van der Waals surface area contributed by atoms with E-state index in [0.717, 1.165) is 0 Å². The molecule has 3 saturated heterocycles. The van der Waals surface area contributed by atoms with Crippen molar-refractivity contribution in [2.75, 3.05) is 14.1 Å². The first-order valence-corrected chi connectivity index (χ1v) is 18.0. The largest absolute Gasteiger partial charge is 0.459 e. The van der Waals surface area contributed by atoms with Gasteiger partial charge < -0.3 is 49.8 Å². The number of hydrogen-bond acceptors (Lipinski definition) is 11. The van der Waals surface area contributed by atoms with Crippen LogP contribution in [-0.4, -0.2) is 107 Å². The van der Waals surface area contributed by atoms with Gasteiger partial charge in [-0.05, 0) is 73.0 Å². The van der Waals surface area contributed by atoms with E-state index in [1.54, 1.807) is 39.0 Å². The Morgan fingerprint density at radius 2 is 1.80 bits per heavy atom. The molecule has 0 spiro atoms. The highest BCUT2D eigenvalue weighted by Crippen LogP contribution is 2.45. The first-order valence-electron chi connectivity index (χ1n) is 18.0. The molecule has 4 rings (SSSR count). The molecule has 0 aliphatic carbocycles. The lowest BCUT2D eigenvalue weighted by atomic mass is 9.75. The molecule has 0 aromatic heterocycles. The fraction of sp³-hybridized carbons (Fsp3) is 0.784. The number of hydrogen-bond donors (Lipinski definition) is 4. The number of rotatable bonds is 7. The van der Waals surface area contributed by atoms with Crippen LogP contribution in [-0.2, 0) is 35.0 Å². The quantitative estimate of drug-likeness (QED) is 0.305. The standard InChI is InChI=1S/C37H60FN3O9/c1-11-27-37(8)31(39)21(4)29(50-37)19(2)17-36(7,45)32(49-34-28(42)26(41(9)10)16-20(3)46-34)22(5)30(23(6)33(43)47-27)48-35(44)40-18-24-14-12-13-15-25(24)38/h12-15,19-23,26-32,34,42,45H,11,16-18,39H2,1-10H3,(H,40,44)/t19-,20-,21-,22+,23-,26+,27+,28-,29-,30+,31+,32-,34?,36-,37?/m1/s1. The number of nitrogens with two attached hydrogens (primary N) is 1.